The molecule has 1 aromatic heterocycles. The van der Waals surface area contributed by atoms with Crippen molar-refractivity contribution in [1.82, 2.24) is 4.57 Å². The van der Waals surface area contributed by atoms with Crippen LogP contribution in [0, 0.1) is 0 Å². The van der Waals surface area contributed by atoms with Crippen molar-refractivity contribution in [2.75, 3.05) is 0 Å². The van der Waals surface area contributed by atoms with Gasteiger partial charge in [0.25, 0.3) is 5.82 Å². The topological polar surface area (TPSA) is 46.1 Å². The molecule has 4 nitrogen and oxygen atoms in total. The van der Waals surface area contributed by atoms with Crippen LogP contribution in [0.4, 0.5) is 0 Å². The number of carboxylic acids is 1. The SMILES string of the molecule is CCCCCCc1n(CCC(=O)O)cc[n+]1CCCC. The van der Waals surface area contributed by atoms with Gasteiger partial charge in [0, 0.05) is 6.42 Å². The summed E-state index contributed by atoms with van der Waals surface area (Å²) < 4.78 is 4.42. The average molecular weight is 281 g/mol. The summed E-state index contributed by atoms with van der Waals surface area (Å²) in [4.78, 5) is 10.7. The fourth-order valence-electron chi connectivity index (χ4n) is 2.45. The van der Waals surface area contributed by atoms with Crippen molar-refractivity contribution in [3.63, 3.8) is 0 Å². The lowest BCUT2D eigenvalue weighted by Crippen LogP contribution is -2.37. The number of imidazole rings is 1. The van der Waals surface area contributed by atoms with Crippen molar-refractivity contribution in [3.05, 3.63) is 18.2 Å². The van der Waals surface area contributed by atoms with Gasteiger partial charge >= 0.3 is 5.97 Å². The van der Waals surface area contributed by atoms with Crippen LogP contribution in [0.5, 0.6) is 0 Å². The molecule has 0 atom stereocenters. The van der Waals surface area contributed by atoms with Gasteiger partial charge in [-0.15, -0.1) is 0 Å². The highest BCUT2D eigenvalue weighted by Gasteiger charge is 2.17. The third-order valence-corrected chi connectivity index (χ3v) is 3.66. The monoisotopic (exact) mass is 281 g/mol. The molecule has 20 heavy (non-hydrogen) atoms. The first kappa shape index (κ1) is 16.7. The highest BCUT2D eigenvalue weighted by atomic mass is 16.4. The summed E-state index contributed by atoms with van der Waals surface area (Å²) in [5.74, 6) is 0.562. The number of aryl methyl sites for hydroxylation is 2. The summed E-state index contributed by atoms with van der Waals surface area (Å²) in [6.45, 7) is 6.04. The number of aromatic nitrogens is 2. The number of unbranched alkanes of at least 4 members (excludes halogenated alkanes) is 4. The van der Waals surface area contributed by atoms with Crippen molar-refractivity contribution < 1.29 is 14.5 Å². The molecule has 4 heteroatoms. The molecule has 0 aliphatic carbocycles. The Hall–Kier alpha value is -1.32. The van der Waals surface area contributed by atoms with E-state index in [2.05, 4.69) is 29.2 Å². The molecule has 1 aromatic rings. The Kier molecular flexibility index (Phi) is 8.00. The second-order valence-corrected chi connectivity index (χ2v) is 5.41. The van der Waals surface area contributed by atoms with E-state index < -0.39 is 5.97 Å². The van der Waals surface area contributed by atoms with E-state index in [1.807, 2.05) is 6.20 Å². The van der Waals surface area contributed by atoms with Crippen molar-refractivity contribution in [3.8, 4) is 0 Å². The third-order valence-electron chi connectivity index (χ3n) is 3.66. The lowest BCUT2D eigenvalue weighted by atomic mass is 10.1. The maximum absolute atomic E-state index is 10.7. The molecule has 0 saturated carbocycles. The Balaban J connectivity index is 2.65. The van der Waals surface area contributed by atoms with Crippen LogP contribution in [0.3, 0.4) is 0 Å². The predicted molar refractivity (Wildman–Crippen MR) is 79.6 cm³/mol. The maximum Gasteiger partial charge on any atom is 0.307 e. The fourth-order valence-corrected chi connectivity index (χ4v) is 2.45. The summed E-state index contributed by atoms with van der Waals surface area (Å²) in [6, 6.07) is 0. The van der Waals surface area contributed by atoms with Crippen LogP contribution in [0.1, 0.15) is 64.6 Å². The molecule has 0 aromatic carbocycles. The molecule has 1 N–H and O–H groups in total. The van der Waals surface area contributed by atoms with E-state index >= 15 is 0 Å². The first-order valence-corrected chi connectivity index (χ1v) is 7.98. The minimum absolute atomic E-state index is 0.199. The lowest BCUT2D eigenvalue weighted by molar-refractivity contribution is -0.704. The highest BCUT2D eigenvalue weighted by Crippen LogP contribution is 2.07. The molecule has 0 fully saturated rings. The van der Waals surface area contributed by atoms with Gasteiger partial charge < -0.3 is 5.11 Å². The number of carbonyl (C=O) groups is 1. The molecule has 0 unspecified atom stereocenters. The van der Waals surface area contributed by atoms with E-state index in [0.29, 0.717) is 6.54 Å². The molecule has 0 aliphatic rings. The Morgan fingerprint density at radius 3 is 2.60 bits per heavy atom. The Labute approximate surface area is 122 Å². The summed E-state index contributed by atoms with van der Waals surface area (Å²) in [5, 5.41) is 8.84. The number of nitrogens with zero attached hydrogens (tertiary/aromatic N) is 2. The van der Waals surface area contributed by atoms with Gasteiger partial charge in [-0.2, -0.15) is 0 Å². The predicted octanol–water partition coefficient (Wildman–Crippen LogP) is 3.17. The molecule has 0 spiro atoms. The molecule has 0 amide bonds. The molecule has 0 radical (unpaired) electrons. The first-order chi connectivity index (χ1) is 9.69. The van der Waals surface area contributed by atoms with Crippen molar-refractivity contribution in [2.24, 2.45) is 0 Å². The van der Waals surface area contributed by atoms with Crippen LogP contribution in [0.25, 0.3) is 0 Å². The zero-order chi connectivity index (χ0) is 14.8. The van der Waals surface area contributed by atoms with Gasteiger partial charge in [0.05, 0.1) is 13.0 Å². The van der Waals surface area contributed by atoms with Crippen LogP contribution in [-0.4, -0.2) is 15.6 Å². The van der Waals surface area contributed by atoms with Crippen LogP contribution >= 0.6 is 0 Å². The molecule has 0 bridgehead atoms. The summed E-state index contributed by atoms with van der Waals surface area (Å²) in [6.07, 6.45) is 12.7. The van der Waals surface area contributed by atoms with Gasteiger partial charge in [0.15, 0.2) is 0 Å². The van der Waals surface area contributed by atoms with Gasteiger partial charge in [-0.3, -0.25) is 4.79 Å². The van der Waals surface area contributed by atoms with E-state index in [9.17, 15) is 4.79 Å². The minimum Gasteiger partial charge on any atom is -0.481 e. The van der Waals surface area contributed by atoms with Crippen molar-refractivity contribution in [1.29, 1.82) is 0 Å². The first-order valence-electron chi connectivity index (χ1n) is 7.98. The van der Waals surface area contributed by atoms with Gasteiger partial charge in [-0.1, -0.05) is 39.5 Å². The molecule has 114 valence electrons. The number of rotatable bonds is 11. The van der Waals surface area contributed by atoms with Crippen LogP contribution in [-0.2, 0) is 24.3 Å². The normalized spacial score (nSPS) is 10.9. The second kappa shape index (κ2) is 9.56. The van der Waals surface area contributed by atoms with E-state index in [4.69, 9.17) is 5.11 Å². The van der Waals surface area contributed by atoms with E-state index in [1.54, 1.807) is 0 Å². The number of hydrogen-bond donors (Lipinski definition) is 1. The average Bonchev–Trinajstić information content (AvgIpc) is 2.81. The summed E-state index contributed by atoms with van der Waals surface area (Å²) in [5.41, 5.74) is 0. The maximum atomic E-state index is 10.7. The van der Waals surface area contributed by atoms with Gasteiger partial charge in [-0.25, -0.2) is 9.13 Å². The molecular formula is C16H29N2O2+. The zero-order valence-corrected chi connectivity index (χ0v) is 13.0. The smallest absolute Gasteiger partial charge is 0.307 e. The molecule has 1 heterocycles. The quantitative estimate of drug-likeness (QED) is 0.500. The van der Waals surface area contributed by atoms with Gasteiger partial charge in [0.1, 0.15) is 18.9 Å². The molecule has 1 rings (SSSR count). The lowest BCUT2D eigenvalue weighted by Gasteiger charge is -2.04. The summed E-state index contributed by atoms with van der Waals surface area (Å²) >= 11 is 0. The largest absolute Gasteiger partial charge is 0.481 e. The highest BCUT2D eigenvalue weighted by molar-refractivity contribution is 5.66. The third kappa shape index (κ3) is 5.76. The van der Waals surface area contributed by atoms with Crippen LogP contribution < -0.4 is 4.57 Å². The standard InChI is InChI=1S/C16H28N2O2/c1-3-5-7-8-9-15-17(11-6-4-2)13-14-18(15)12-10-16(19)20/h13-14H,3-12H2,1-2H3/p+1. The minimum atomic E-state index is -0.726. The van der Waals surface area contributed by atoms with Crippen LogP contribution in [0.15, 0.2) is 12.4 Å². The van der Waals surface area contributed by atoms with E-state index in [-0.39, 0.29) is 6.42 Å². The Morgan fingerprint density at radius 1 is 1.20 bits per heavy atom. The molecule has 0 aliphatic heterocycles. The number of aliphatic carboxylic acids is 1. The van der Waals surface area contributed by atoms with Gasteiger partial charge in [0.2, 0.25) is 0 Å². The van der Waals surface area contributed by atoms with Crippen LogP contribution in [0.2, 0.25) is 0 Å². The Bertz CT molecular complexity index is 399. The summed E-state index contributed by atoms with van der Waals surface area (Å²) in [7, 11) is 0. The van der Waals surface area contributed by atoms with E-state index in [0.717, 1.165) is 13.0 Å². The fraction of sp³-hybridized carbons (Fsp3) is 0.750. The Morgan fingerprint density at radius 2 is 1.95 bits per heavy atom. The van der Waals surface area contributed by atoms with Crippen molar-refractivity contribution >= 4 is 5.97 Å². The van der Waals surface area contributed by atoms with Crippen molar-refractivity contribution in [2.45, 2.75) is 78.3 Å². The molecular weight excluding hydrogens is 252 g/mol. The molecule has 0 saturated heterocycles. The van der Waals surface area contributed by atoms with Gasteiger partial charge in [-0.05, 0) is 12.8 Å². The van der Waals surface area contributed by atoms with E-state index in [1.165, 1.54) is 44.3 Å². The second-order valence-electron chi connectivity index (χ2n) is 5.41. The number of carboxylic acid groups (broad SMARTS) is 1. The zero-order valence-electron chi connectivity index (χ0n) is 13.0. The number of hydrogen-bond acceptors (Lipinski definition) is 1.